The van der Waals surface area contributed by atoms with Crippen molar-refractivity contribution in [2.75, 3.05) is 18.7 Å². The standard InChI is InChI=1S/C17H22Cl2N2O2S/c1-4-11(2)16(22)21-10-24-9-14(21)17(23)20(3)8-12-6-5-7-13(18)15(12)19/h5-7,11,14H,4,8-10H2,1-3H3/t11-,14+/m1/s1. The molecular formula is C17H22Cl2N2O2S. The smallest absolute Gasteiger partial charge is 0.246 e. The van der Waals surface area contributed by atoms with Crippen LogP contribution in [0.1, 0.15) is 25.8 Å². The summed E-state index contributed by atoms with van der Waals surface area (Å²) in [6.07, 6.45) is 0.773. The Hall–Kier alpha value is -0.910. The van der Waals surface area contributed by atoms with E-state index >= 15 is 0 Å². The van der Waals surface area contributed by atoms with E-state index in [-0.39, 0.29) is 17.7 Å². The van der Waals surface area contributed by atoms with Crippen LogP contribution in [-0.4, -0.2) is 46.3 Å². The Morgan fingerprint density at radius 1 is 1.42 bits per heavy atom. The lowest BCUT2D eigenvalue weighted by Gasteiger charge is -2.29. The highest BCUT2D eigenvalue weighted by molar-refractivity contribution is 7.99. The van der Waals surface area contributed by atoms with Crippen LogP contribution >= 0.6 is 35.0 Å². The van der Waals surface area contributed by atoms with Gasteiger partial charge >= 0.3 is 0 Å². The highest BCUT2D eigenvalue weighted by Crippen LogP contribution is 2.28. The molecule has 2 rings (SSSR count). The first-order valence-electron chi connectivity index (χ1n) is 7.92. The Balaban J connectivity index is 2.09. The Kier molecular flexibility index (Phi) is 6.84. The minimum Gasteiger partial charge on any atom is -0.340 e. The van der Waals surface area contributed by atoms with E-state index in [0.717, 1.165) is 12.0 Å². The molecule has 0 spiro atoms. The molecule has 0 aromatic heterocycles. The van der Waals surface area contributed by atoms with Gasteiger partial charge < -0.3 is 9.80 Å². The van der Waals surface area contributed by atoms with Gasteiger partial charge in [-0.25, -0.2) is 0 Å². The van der Waals surface area contributed by atoms with Crippen molar-refractivity contribution in [2.45, 2.75) is 32.9 Å². The molecule has 0 unspecified atom stereocenters. The van der Waals surface area contributed by atoms with Gasteiger partial charge in [-0.2, -0.15) is 0 Å². The number of nitrogens with zero attached hydrogens (tertiary/aromatic N) is 2. The van der Waals surface area contributed by atoms with Crippen LogP contribution in [-0.2, 0) is 16.1 Å². The third-order valence-corrected chi connectivity index (χ3v) is 6.17. The summed E-state index contributed by atoms with van der Waals surface area (Å²) in [7, 11) is 1.73. The maximum Gasteiger partial charge on any atom is 0.246 e. The molecule has 2 atom stereocenters. The number of carbonyl (C=O) groups excluding carboxylic acids is 2. The Morgan fingerprint density at radius 3 is 2.79 bits per heavy atom. The minimum absolute atomic E-state index is 0.0510. The van der Waals surface area contributed by atoms with Crippen molar-refractivity contribution in [2.24, 2.45) is 5.92 Å². The van der Waals surface area contributed by atoms with Crippen LogP contribution in [0.5, 0.6) is 0 Å². The van der Waals surface area contributed by atoms with Crippen LogP contribution in [0.2, 0.25) is 10.0 Å². The van der Waals surface area contributed by atoms with E-state index in [1.54, 1.807) is 34.7 Å². The lowest BCUT2D eigenvalue weighted by Crippen LogP contribution is -2.49. The van der Waals surface area contributed by atoms with Gasteiger partial charge in [0.15, 0.2) is 0 Å². The SMILES string of the molecule is CC[C@@H](C)C(=O)N1CSC[C@H]1C(=O)N(C)Cc1cccc(Cl)c1Cl. The molecule has 1 fully saturated rings. The zero-order chi connectivity index (χ0) is 17.9. The van der Waals surface area contributed by atoms with Gasteiger partial charge in [0.25, 0.3) is 0 Å². The molecule has 1 aliphatic heterocycles. The molecule has 1 aromatic rings. The second-order valence-electron chi connectivity index (χ2n) is 6.04. The topological polar surface area (TPSA) is 40.6 Å². The second kappa shape index (κ2) is 8.45. The molecule has 1 aromatic carbocycles. The monoisotopic (exact) mass is 388 g/mol. The summed E-state index contributed by atoms with van der Waals surface area (Å²) in [5.41, 5.74) is 0.797. The summed E-state index contributed by atoms with van der Waals surface area (Å²) >= 11 is 13.8. The largest absolute Gasteiger partial charge is 0.340 e. The van der Waals surface area contributed by atoms with Crippen molar-refractivity contribution in [3.8, 4) is 0 Å². The molecule has 0 aliphatic carbocycles. The first kappa shape index (κ1) is 19.4. The number of halogens is 2. The highest BCUT2D eigenvalue weighted by Gasteiger charge is 2.37. The van der Waals surface area contributed by atoms with E-state index < -0.39 is 6.04 Å². The van der Waals surface area contributed by atoms with Gasteiger partial charge in [-0.15, -0.1) is 11.8 Å². The van der Waals surface area contributed by atoms with Gasteiger partial charge in [0.2, 0.25) is 11.8 Å². The number of hydrogen-bond acceptors (Lipinski definition) is 3. The van der Waals surface area contributed by atoms with Gasteiger partial charge in [-0.1, -0.05) is 49.2 Å². The number of amides is 2. The zero-order valence-corrected chi connectivity index (χ0v) is 16.4. The Bertz CT molecular complexity index is 627. The van der Waals surface area contributed by atoms with E-state index in [1.165, 1.54) is 0 Å². The molecule has 1 heterocycles. The fourth-order valence-electron chi connectivity index (χ4n) is 2.58. The van der Waals surface area contributed by atoms with Gasteiger partial charge in [-0.05, 0) is 18.1 Å². The lowest BCUT2D eigenvalue weighted by atomic mass is 10.1. The summed E-state index contributed by atoms with van der Waals surface area (Å²) in [6.45, 7) is 4.25. The predicted molar refractivity (Wildman–Crippen MR) is 100 cm³/mol. The third-order valence-electron chi connectivity index (χ3n) is 4.30. The van der Waals surface area contributed by atoms with E-state index in [0.29, 0.717) is 28.2 Å². The van der Waals surface area contributed by atoms with E-state index in [4.69, 9.17) is 23.2 Å². The molecule has 0 radical (unpaired) electrons. The van der Waals surface area contributed by atoms with Crippen LogP contribution in [0.15, 0.2) is 18.2 Å². The van der Waals surface area contributed by atoms with Gasteiger partial charge in [-0.3, -0.25) is 9.59 Å². The molecule has 4 nitrogen and oxygen atoms in total. The average molecular weight is 389 g/mol. The van der Waals surface area contributed by atoms with Crippen LogP contribution < -0.4 is 0 Å². The number of rotatable bonds is 5. The van der Waals surface area contributed by atoms with Gasteiger partial charge in [0.1, 0.15) is 6.04 Å². The number of carbonyl (C=O) groups is 2. The molecule has 0 saturated carbocycles. The first-order chi connectivity index (χ1) is 11.4. The number of thioether (sulfide) groups is 1. The summed E-state index contributed by atoms with van der Waals surface area (Å²) in [5.74, 6) is 1.13. The summed E-state index contributed by atoms with van der Waals surface area (Å²) in [5, 5.41) is 0.937. The minimum atomic E-state index is -0.403. The number of likely N-dealkylation sites (N-methyl/N-ethyl adjacent to an activating group) is 1. The third kappa shape index (κ3) is 4.19. The van der Waals surface area contributed by atoms with E-state index in [1.807, 2.05) is 26.0 Å². The molecule has 0 N–H and O–H groups in total. The van der Waals surface area contributed by atoms with Crippen LogP contribution in [0.4, 0.5) is 0 Å². The maximum absolute atomic E-state index is 12.8. The molecule has 24 heavy (non-hydrogen) atoms. The summed E-state index contributed by atoms with van der Waals surface area (Å²) < 4.78 is 0. The van der Waals surface area contributed by atoms with Crippen molar-refractivity contribution in [1.29, 1.82) is 0 Å². The first-order valence-corrected chi connectivity index (χ1v) is 9.84. The molecule has 2 amide bonds. The van der Waals surface area contributed by atoms with E-state index in [9.17, 15) is 9.59 Å². The fraction of sp³-hybridized carbons (Fsp3) is 0.529. The molecule has 0 bridgehead atoms. The van der Waals surface area contributed by atoms with Crippen molar-refractivity contribution < 1.29 is 9.59 Å². The van der Waals surface area contributed by atoms with Crippen molar-refractivity contribution in [1.82, 2.24) is 9.80 Å². The molecular weight excluding hydrogens is 367 g/mol. The van der Waals surface area contributed by atoms with Crippen molar-refractivity contribution in [3.05, 3.63) is 33.8 Å². The highest BCUT2D eigenvalue weighted by atomic mass is 35.5. The molecule has 1 aliphatic rings. The zero-order valence-electron chi connectivity index (χ0n) is 14.1. The van der Waals surface area contributed by atoms with Gasteiger partial charge in [0.05, 0.1) is 15.9 Å². The van der Waals surface area contributed by atoms with Crippen LogP contribution in [0.3, 0.4) is 0 Å². The molecule has 7 heteroatoms. The molecule has 132 valence electrons. The summed E-state index contributed by atoms with van der Waals surface area (Å²) in [4.78, 5) is 28.6. The summed E-state index contributed by atoms with van der Waals surface area (Å²) in [6, 6.07) is 4.98. The van der Waals surface area contributed by atoms with E-state index in [2.05, 4.69) is 0 Å². The lowest BCUT2D eigenvalue weighted by molar-refractivity contribution is -0.144. The fourth-order valence-corrected chi connectivity index (χ4v) is 4.12. The number of benzene rings is 1. The predicted octanol–water partition coefficient (Wildman–Crippen LogP) is 3.90. The Labute approximate surface area is 157 Å². The average Bonchev–Trinajstić information content (AvgIpc) is 3.06. The molecule has 1 saturated heterocycles. The Morgan fingerprint density at radius 2 is 2.12 bits per heavy atom. The quantitative estimate of drug-likeness (QED) is 0.767. The van der Waals surface area contributed by atoms with Crippen molar-refractivity contribution >= 4 is 46.8 Å². The van der Waals surface area contributed by atoms with Crippen LogP contribution in [0, 0.1) is 5.92 Å². The normalized spacial score (nSPS) is 18.5. The maximum atomic E-state index is 12.8. The van der Waals surface area contributed by atoms with Crippen LogP contribution in [0.25, 0.3) is 0 Å². The number of hydrogen-bond donors (Lipinski definition) is 0. The van der Waals surface area contributed by atoms with Gasteiger partial charge in [0, 0.05) is 25.3 Å². The van der Waals surface area contributed by atoms with Crippen molar-refractivity contribution in [3.63, 3.8) is 0 Å². The second-order valence-corrected chi connectivity index (χ2v) is 7.83.